The smallest absolute Gasteiger partial charge is 0.323 e. The summed E-state index contributed by atoms with van der Waals surface area (Å²) < 4.78 is 0. The van der Waals surface area contributed by atoms with Crippen LogP contribution in [0.25, 0.3) is 0 Å². The summed E-state index contributed by atoms with van der Waals surface area (Å²) in [6.45, 7) is 1.53. The molecule has 0 aromatic carbocycles. The molecule has 11 heavy (non-hydrogen) atoms. The van der Waals surface area contributed by atoms with E-state index in [2.05, 4.69) is 0 Å². The van der Waals surface area contributed by atoms with E-state index in [1.165, 1.54) is 6.92 Å². The minimum atomic E-state index is -1.05. The van der Waals surface area contributed by atoms with E-state index in [0.717, 1.165) is 5.75 Å². The lowest BCUT2D eigenvalue weighted by molar-refractivity contribution is -0.142. The zero-order chi connectivity index (χ0) is 8.20. The van der Waals surface area contributed by atoms with E-state index in [0.29, 0.717) is 6.42 Å². The van der Waals surface area contributed by atoms with Crippen molar-refractivity contribution < 1.29 is 9.90 Å². The van der Waals surface area contributed by atoms with Crippen LogP contribution < -0.4 is 5.73 Å². The Balaban J connectivity index is 0. The number of hydrogen-bond acceptors (Lipinski definition) is 3. The molecule has 0 saturated heterocycles. The largest absolute Gasteiger partial charge is 0.480 e. The Morgan fingerprint density at radius 2 is 2.18 bits per heavy atom. The highest BCUT2D eigenvalue weighted by Crippen LogP contribution is 2.09. The molecule has 0 aliphatic carbocycles. The predicted octanol–water partition coefficient (Wildman–Crippen LogP) is 0.963. The van der Waals surface area contributed by atoms with Gasteiger partial charge in [0.1, 0.15) is 5.54 Å². The summed E-state index contributed by atoms with van der Waals surface area (Å²) in [5, 5.41) is 8.53. The third-order valence-corrected chi connectivity index (χ3v) is 1.93. The Morgan fingerprint density at radius 1 is 1.73 bits per heavy atom. The number of carbonyl (C=O) groups is 1. The molecule has 3 N–H and O–H groups in total. The molecule has 3 nitrogen and oxygen atoms in total. The highest BCUT2D eigenvalue weighted by atomic mass is 35.5. The molecular formula is C6H14ClNO2S. The SMILES string of the molecule is CSCC[C@](C)(N)C(=O)O.Cl. The van der Waals surface area contributed by atoms with Crippen LogP contribution in [0.2, 0.25) is 0 Å². The molecule has 0 aliphatic heterocycles. The second-order valence-electron chi connectivity index (χ2n) is 2.47. The van der Waals surface area contributed by atoms with E-state index in [4.69, 9.17) is 10.8 Å². The normalized spacial score (nSPS) is 14.8. The topological polar surface area (TPSA) is 63.3 Å². The Hall–Kier alpha value is 0.0700. The van der Waals surface area contributed by atoms with Crippen molar-refractivity contribution >= 4 is 30.1 Å². The molecule has 68 valence electrons. The van der Waals surface area contributed by atoms with Gasteiger partial charge in [0.15, 0.2) is 0 Å². The van der Waals surface area contributed by atoms with E-state index in [1.54, 1.807) is 11.8 Å². The van der Waals surface area contributed by atoms with E-state index in [9.17, 15) is 4.79 Å². The second-order valence-corrected chi connectivity index (χ2v) is 3.45. The van der Waals surface area contributed by atoms with Crippen molar-refractivity contribution in [2.24, 2.45) is 5.73 Å². The Labute approximate surface area is 77.1 Å². The maximum absolute atomic E-state index is 10.4. The number of aliphatic carboxylic acids is 1. The number of hydrogen-bond donors (Lipinski definition) is 2. The summed E-state index contributed by atoms with van der Waals surface area (Å²) in [6.07, 6.45) is 2.45. The summed E-state index contributed by atoms with van der Waals surface area (Å²) in [5.41, 5.74) is 4.38. The van der Waals surface area contributed by atoms with Gasteiger partial charge in [-0.25, -0.2) is 0 Å². The van der Waals surface area contributed by atoms with E-state index in [-0.39, 0.29) is 12.4 Å². The van der Waals surface area contributed by atoms with Crippen LogP contribution in [-0.4, -0.2) is 28.6 Å². The molecule has 0 aromatic heterocycles. The fourth-order valence-corrected chi connectivity index (χ4v) is 1.05. The van der Waals surface area contributed by atoms with Crippen molar-refractivity contribution in [3.8, 4) is 0 Å². The minimum Gasteiger partial charge on any atom is -0.480 e. The minimum absolute atomic E-state index is 0. The van der Waals surface area contributed by atoms with E-state index in [1.807, 2.05) is 6.26 Å². The summed E-state index contributed by atoms with van der Waals surface area (Å²) >= 11 is 1.60. The number of halogens is 1. The van der Waals surface area contributed by atoms with Crippen LogP contribution in [-0.2, 0) is 4.79 Å². The first-order valence-electron chi connectivity index (χ1n) is 3.02. The third-order valence-electron chi connectivity index (χ3n) is 1.31. The van der Waals surface area contributed by atoms with Gasteiger partial charge in [-0.05, 0) is 25.4 Å². The molecule has 0 bridgehead atoms. The van der Waals surface area contributed by atoms with Crippen LogP contribution in [0.5, 0.6) is 0 Å². The van der Waals surface area contributed by atoms with Gasteiger partial charge in [-0.1, -0.05) is 0 Å². The third kappa shape index (κ3) is 5.35. The Morgan fingerprint density at radius 3 is 2.45 bits per heavy atom. The standard InChI is InChI=1S/C6H13NO2S.ClH/c1-6(7,5(8)9)3-4-10-2;/h3-4,7H2,1-2H3,(H,8,9);1H/t6-;/m0./s1. The number of thioether (sulfide) groups is 1. The van der Waals surface area contributed by atoms with E-state index < -0.39 is 11.5 Å². The zero-order valence-corrected chi connectivity index (χ0v) is 8.30. The first-order chi connectivity index (χ1) is 4.50. The van der Waals surface area contributed by atoms with E-state index >= 15 is 0 Å². The van der Waals surface area contributed by atoms with Gasteiger partial charge < -0.3 is 10.8 Å². The van der Waals surface area contributed by atoms with Crippen LogP contribution in [0.1, 0.15) is 13.3 Å². The van der Waals surface area contributed by atoms with Crippen LogP contribution >= 0.6 is 24.2 Å². The van der Waals surface area contributed by atoms with Crippen molar-refractivity contribution in [3.63, 3.8) is 0 Å². The number of carboxylic acid groups (broad SMARTS) is 1. The Kier molecular flexibility index (Phi) is 7.05. The molecule has 0 heterocycles. The molecule has 0 aliphatic rings. The Bertz CT molecular complexity index is 130. The molecule has 0 radical (unpaired) electrons. The maximum Gasteiger partial charge on any atom is 0.323 e. The van der Waals surface area contributed by atoms with Crippen molar-refractivity contribution in [3.05, 3.63) is 0 Å². The van der Waals surface area contributed by atoms with Crippen LogP contribution in [0.4, 0.5) is 0 Å². The van der Waals surface area contributed by atoms with Gasteiger partial charge in [-0.15, -0.1) is 12.4 Å². The molecule has 0 aromatic rings. The van der Waals surface area contributed by atoms with Gasteiger partial charge in [0, 0.05) is 0 Å². The molecule has 0 fully saturated rings. The first-order valence-corrected chi connectivity index (χ1v) is 4.41. The molecule has 0 unspecified atom stereocenters. The average molecular weight is 200 g/mol. The highest BCUT2D eigenvalue weighted by Gasteiger charge is 2.26. The van der Waals surface area contributed by atoms with Crippen LogP contribution in [0.15, 0.2) is 0 Å². The molecule has 0 rings (SSSR count). The molecule has 5 heteroatoms. The second kappa shape index (κ2) is 5.69. The number of carboxylic acids is 1. The van der Waals surface area contributed by atoms with Crippen LogP contribution in [0, 0.1) is 0 Å². The quantitative estimate of drug-likeness (QED) is 0.708. The lowest BCUT2D eigenvalue weighted by atomic mass is 10.0. The number of nitrogens with two attached hydrogens (primary N) is 1. The first kappa shape index (κ1) is 13.6. The van der Waals surface area contributed by atoms with Crippen molar-refractivity contribution in [2.75, 3.05) is 12.0 Å². The average Bonchev–Trinajstić information content (AvgIpc) is 1.84. The molecule has 0 amide bonds. The monoisotopic (exact) mass is 199 g/mol. The van der Waals surface area contributed by atoms with Crippen molar-refractivity contribution in [2.45, 2.75) is 18.9 Å². The van der Waals surface area contributed by atoms with Gasteiger partial charge >= 0.3 is 5.97 Å². The maximum atomic E-state index is 10.4. The van der Waals surface area contributed by atoms with Gasteiger partial charge in [-0.2, -0.15) is 11.8 Å². The van der Waals surface area contributed by atoms with Gasteiger partial charge in [0.2, 0.25) is 0 Å². The fraction of sp³-hybridized carbons (Fsp3) is 0.833. The number of rotatable bonds is 4. The summed E-state index contributed by atoms with van der Waals surface area (Å²) in [7, 11) is 0. The van der Waals surface area contributed by atoms with Crippen LogP contribution in [0.3, 0.4) is 0 Å². The summed E-state index contributed by atoms with van der Waals surface area (Å²) in [6, 6.07) is 0. The summed E-state index contributed by atoms with van der Waals surface area (Å²) in [4.78, 5) is 10.4. The molecule has 0 spiro atoms. The fourth-order valence-electron chi connectivity index (χ4n) is 0.421. The lowest BCUT2D eigenvalue weighted by Gasteiger charge is -2.17. The summed E-state index contributed by atoms with van der Waals surface area (Å²) in [5.74, 6) is -0.138. The van der Waals surface area contributed by atoms with Gasteiger partial charge in [-0.3, -0.25) is 4.79 Å². The molecule has 1 atom stereocenters. The molecule has 0 saturated carbocycles. The van der Waals surface area contributed by atoms with Gasteiger partial charge in [0.05, 0.1) is 0 Å². The lowest BCUT2D eigenvalue weighted by Crippen LogP contribution is -2.45. The van der Waals surface area contributed by atoms with Crippen molar-refractivity contribution in [1.82, 2.24) is 0 Å². The van der Waals surface area contributed by atoms with Gasteiger partial charge in [0.25, 0.3) is 0 Å². The molecular weight excluding hydrogens is 186 g/mol. The zero-order valence-electron chi connectivity index (χ0n) is 6.66. The predicted molar refractivity (Wildman–Crippen MR) is 50.5 cm³/mol. The van der Waals surface area contributed by atoms with Crippen molar-refractivity contribution in [1.29, 1.82) is 0 Å². The highest BCUT2D eigenvalue weighted by molar-refractivity contribution is 7.98.